The van der Waals surface area contributed by atoms with E-state index in [2.05, 4.69) is 15.6 Å². The van der Waals surface area contributed by atoms with Crippen LogP contribution in [-0.4, -0.2) is 24.0 Å². The number of rotatable bonds is 4. The molecule has 2 fully saturated rings. The van der Waals surface area contributed by atoms with Gasteiger partial charge in [0.05, 0.1) is 0 Å². The van der Waals surface area contributed by atoms with E-state index >= 15 is 0 Å². The molecule has 2 aromatic rings. The maximum atomic E-state index is 13.2. The Kier molecular flexibility index (Phi) is 4.10. The van der Waals surface area contributed by atoms with Gasteiger partial charge in [0.1, 0.15) is 5.82 Å². The van der Waals surface area contributed by atoms with Gasteiger partial charge in [-0.25, -0.2) is 9.37 Å². The lowest BCUT2D eigenvalue weighted by Crippen LogP contribution is -2.31. The summed E-state index contributed by atoms with van der Waals surface area (Å²) in [4.78, 5) is 17.8. The van der Waals surface area contributed by atoms with E-state index < -0.39 is 0 Å². The van der Waals surface area contributed by atoms with E-state index in [1.54, 1.807) is 12.3 Å². The first-order chi connectivity index (χ1) is 11.6. The van der Waals surface area contributed by atoms with Gasteiger partial charge in [0.15, 0.2) is 5.13 Å². The van der Waals surface area contributed by atoms with Crippen LogP contribution in [-0.2, 0) is 11.2 Å². The number of carbonyl (C=O) groups excluding carboxylic acids is 1. The van der Waals surface area contributed by atoms with Crippen LogP contribution in [0.1, 0.15) is 29.7 Å². The molecule has 24 heavy (non-hydrogen) atoms. The zero-order chi connectivity index (χ0) is 16.6. The molecule has 2 N–H and O–H groups in total. The molecule has 1 spiro atoms. The molecule has 0 radical (unpaired) electrons. The molecule has 2 aliphatic rings. The third-order valence-corrected chi connectivity index (χ3v) is 6.07. The van der Waals surface area contributed by atoms with E-state index in [0.717, 1.165) is 42.8 Å². The lowest BCUT2D eigenvalue weighted by Gasteiger charge is -2.22. The number of hydrogen-bond acceptors (Lipinski definition) is 4. The minimum Gasteiger partial charge on any atom is -0.317 e. The second-order valence-electron chi connectivity index (χ2n) is 6.80. The van der Waals surface area contributed by atoms with Gasteiger partial charge in [-0.1, -0.05) is 12.1 Å². The van der Waals surface area contributed by atoms with Crippen LogP contribution in [0.3, 0.4) is 0 Å². The summed E-state index contributed by atoms with van der Waals surface area (Å²) in [6.45, 7) is 2.03. The monoisotopic (exact) mass is 345 g/mol. The molecule has 1 atom stereocenters. The zero-order valence-corrected chi connectivity index (χ0v) is 14.2. The van der Waals surface area contributed by atoms with Gasteiger partial charge in [-0.2, -0.15) is 0 Å². The van der Waals surface area contributed by atoms with Crippen LogP contribution in [0.15, 0.2) is 30.5 Å². The van der Waals surface area contributed by atoms with Gasteiger partial charge in [-0.15, -0.1) is 11.3 Å². The van der Waals surface area contributed by atoms with Gasteiger partial charge in [-0.3, -0.25) is 4.79 Å². The number of thiazole rings is 1. The molecule has 1 saturated carbocycles. The van der Waals surface area contributed by atoms with Crippen molar-refractivity contribution in [1.82, 2.24) is 10.3 Å². The van der Waals surface area contributed by atoms with Crippen molar-refractivity contribution in [1.29, 1.82) is 0 Å². The molecule has 2 heterocycles. The number of amides is 1. The van der Waals surface area contributed by atoms with E-state index in [-0.39, 0.29) is 23.1 Å². The molecule has 1 aliphatic heterocycles. The number of nitrogens with one attached hydrogen (secondary N) is 2. The van der Waals surface area contributed by atoms with E-state index in [0.29, 0.717) is 11.6 Å². The highest BCUT2D eigenvalue weighted by molar-refractivity contribution is 7.15. The van der Waals surface area contributed by atoms with Gasteiger partial charge in [0.25, 0.3) is 0 Å². The van der Waals surface area contributed by atoms with Gasteiger partial charge in [-0.05, 0) is 55.5 Å². The molecule has 4 rings (SSSR count). The molecular weight excluding hydrogens is 325 g/mol. The molecular formula is C18H20FN3OS. The summed E-state index contributed by atoms with van der Waals surface area (Å²) >= 11 is 1.46. The van der Waals surface area contributed by atoms with Gasteiger partial charge in [0.2, 0.25) is 5.91 Å². The number of aromatic nitrogens is 1. The lowest BCUT2D eigenvalue weighted by atomic mass is 9.92. The summed E-state index contributed by atoms with van der Waals surface area (Å²) in [7, 11) is 0. The largest absolute Gasteiger partial charge is 0.317 e. The van der Waals surface area contributed by atoms with E-state index in [1.807, 2.05) is 6.07 Å². The lowest BCUT2D eigenvalue weighted by molar-refractivity contribution is -0.118. The van der Waals surface area contributed by atoms with E-state index in [4.69, 9.17) is 0 Å². The first-order valence-corrected chi connectivity index (χ1v) is 9.17. The maximum Gasteiger partial charge on any atom is 0.229 e. The zero-order valence-electron chi connectivity index (χ0n) is 13.3. The summed E-state index contributed by atoms with van der Waals surface area (Å²) in [5, 5.41) is 6.96. The van der Waals surface area contributed by atoms with Crippen LogP contribution in [0.2, 0.25) is 0 Å². The fourth-order valence-electron chi connectivity index (χ4n) is 3.68. The molecule has 1 amide bonds. The molecule has 1 saturated heterocycles. The van der Waals surface area contributed by atoms with Crippen molar-refractivity contribution in [3.63, 3.8) is 0 Å². The predicted octanol–water partition coefficient (Wildman–Crippen LogP) is 3.20. The first kappa shape index (κ1) is 15.7. The Morgan fingerprint density at radius 3 is 3.04 bits per heavy atom. The molecule has 0 bridgehead atoms. The number of anilines is 1. The summed E-state index contributed by atoms with van der Waals surface area (Å²) < 4.78 is 13.2. The van der Waals surface area contributed by atoms with Crippen molar-refractivity contribution in [3.05, 3.63) is 46.7 Å². The Morgan fingerprint density at radius 2 is 2.25 bits per heavy atom. The minimum absolute atomic E-state index is 0.101. The summed E-state index contributed by atoms with van der Waals surface area (Å²) in [5.41, 5.74) is 1.14. The smallest absolute Gasteiger partial charge is 0.229 e. The minimum atomic E-state index is -0.230. The molecule has 4 nitrogen and oxygen atoms in total. The Hall–Kier alpha value is -1.79. The third-order valence-electron chi connectivity index (χ3n) is 5.16. The predicted molar refractivity (Wildman–Crippen MR) is 92.6 cm³/mol. The van der Waals surface area contributed by atoms with Crippen molar-refractivity contribution >= 4 is 22.4 Å². The topological polar surface area (TPSA) is 54.0 Å². The molecule has 1 aromatic carbocycles. The van der Waals surface area contributed by atoms with Crippen LogP contribution in [0.25, 0.3) is 0 Å². The van der Waals surface area contributed by atoms with Gasteiger partial charge in [0, 0.05) is 23.4 Å². The molecule has 6 heteroatoms. The van der Waals surface area contributed by atoms with Crippen molar-refractivity contribution in [3.8, 4) is 0 Å². The average molecular weight is 345 g/mol. The number of carbonyl (C=O) groups is 1. The van der Waals surface area contributed by atoms with Crippen molar-refractivity contribution in [2.24, 2.45) is 11.3 Å². The highest BCUT2D eigenvalue weighted by Gasteiger charge is 2.57. The quantitative estimate of drug-likeness (QED) is 0.895. The summed E-state index contributed by atoms with van der Waals surface area (Å²) in [6, 6.07) is 6.57. The second kappa shape index (κ2) is 6.26. The fraction of sp³-hybridized carbons (Fsp3) is 0.444. The maximum absolute atomic E-state index is 13.2. The van der Waals surface area contributed by atoms with Crippen molar-refractivity contribution in [2.75, 3.05) is 18.4 Å². The number of piperidine rings is 1. The van der Waals surface area contributed by atoms with Crippen LogP contribution in [0.5, 0.6) is 0 Å². The van der Waals surface area contributed by atoms with Crippen LogP contribution >= 0.6 is 11.3 Å². The SMILES string of the molecule is O=C(Nc1ncc(Cc2cccc(F)c2)s1)C1CC12CCNCC2. The number of nitrogens with zero attached hydrogens (tertiary/aromatic N) is 1. The Labute approximate surface area is 144 Å². The van der Waals surface area contributed by atoms with Crippen LogP contribution < -0.4 is 10.6 Å². The average Bonchev–Trinajstić information content (AvgIpc) is 3.07. The molecule has 1 aliphatic carbocycles. The van der Waals surface area contributed by atoms with Crippen LogP contribution in [0.4, 0.5) is 9.52 Å². The number of benzene rings is 1. The first-order valence-electron chi connectivity index (χ1n) is 8.35. The van der Waals surface area contributed by atoms with Crippen molar-refractivity contribution in [2.45, 2.75) is 25.7 Å². The fourth-order valence-corrected chi connectivity index (χ4v) is 4.53. The highest BCUT2D eigenvalue weighted by Crippen LogP contribution is 2.58. The molecule has 1 aromatic heterocycles. The molecule has 126 valence electrons. The Morgan fingerprint density at radius 1 is 1.42 bits per heavy atom. The van der Waals surface area contributed by atoms with E-state index in [1.165, 1.54) is 23.5 Å². The number of hydrogen-bond donors (Lipinski definition) is 2. The molecule has 1 unspecified atom stereocenters. The normalized spacial score (nSPS) is 21.6. The van der Waals surface area contributed by atoms with Crippen LogP contribution in [0, 0.1) is 17.2 Å². The van der Waals surface area contributed by atoms with E-state index in [9.17, 15) is 9.18 Å². The standard InChI is InChI=1S/C18H20FN3OS/c19-13-3-1-2-12(8-13)9-14-11-21-17(24-14)22-16(23)15-10-18(15)4-6-20-7-5-18/h1-3,8,11,15,20H,4-7,9-10H2,(H,21,22,23). The Balaban J connectivity index is 1.36. The van der Waals surface area contributed by atoms with Gasteiger partial charge >= 0.3 is 0 Å². The summed E-state index contributed by atoms with van der Waals surface area (Å²) in [6.07, 6.45) is 5.58. The van der Waals surface area contributed by atoms with Gasteiger partial charge < -0.3 is 10.6 Å². The third kappa shape index (κ3) is 3.21. The van der Waals surface area contributed by atoms with Crippen molar-refractivity contribution < 1.29 is 9.18 Å². The summed E-state index contributed by atoms with van der Waals surface area (Å²) in [5.74, 6) is 0.00488. The second-order valence-corrected chi connectivity index (χ2v) is 7.91. The highest BCUT2D eigenvalue weighted by atomic mass is 32.1. The Bertz CT molecular complexity index is 754. The number of halogens is 1.